The van der Waals surface area contributed by atoms with E-state index < -0.39 is 11.6 Å². The van der Waals surface area contributed by atoms with Gasteiger partial charge in [0.15, 0.2) is 11.5 Å². The van der Waals surface area contributed by atoms with E-state index in [1.807, 2.05) is 6.07 Å². The zero-order chi connectivity index (χ0) is 28.0. The molecule has 5 fully saturated rings. The summed E-state index contributed by atoms with van der Waals surface area (Å²) in [5.74, 6) is 1.78. The molecule has 8 nitrogen and oxygen atoms in total. The average molecular weight is 552 g/mol. The number of aromatic hydroxyl groups is 1. The monoisotopic (exact) mass is 551 g/mol. The first kappa shape index (κ1) is 26.6. The van der Waals surface area contributed by atoms with Gasteiger partial charge in [0.25, 0.3) is 0 Å². The van der Waals surface area contributed by atoms with Crippen molar-refractivity contribution < 1.29 is 24.2 Å². The number of piperidine rings is 1. The van der Waals surface area contributed by atoms with Crippen molar-refractivity contribution in [1.29, 1.82) is 0 Å². The molecule has 2 heterocycles. The molecule has 218 valence electrons. The van der Waals surface area contributed by atoms with E-state index in [2.05, 4.69) is 35.4 Å². The summed E-state index contributed by atoms with van der Waals surface area (Å²) >= 11 is 0. The normalized spacial score (nSPS) is 37.6. The largest absolute Gasteiger partial charge is 0.504 e. The zero-order valence-corrected chi connectivity index (χ0v) is 24.4. The molecule has 0 radical (unpaired) electrons. The first-order valence-corrected chi connectivity index (χ1v) is 15.5. The number of methoxy groups -OCH3 is 1. The summed E-state index contributed by atoms with van der Waals surface area (Å²) in [6.45, 7) is 8.32. The van der Waals surface area contributed by atoms with E-state index in [0.717, 1.165) is 44.6 Å². The molecule has 1 aromatic carbocycles. The second-order valence-corrected chi connectivity index (χ2v) is 14.2. The Labute approximate surface area is 237 Å². The van der Waals surface area contributed by atoms with Crippen molar-refractivity contribution in [1.82, 2.24) is 15.5 Å². The second-order valence-electron chi connectivity index (χ2n) is 14.2. The SMILES string of the molecule is CO[C@]12CC[C@@]3(C[C@@H]1CNC(=O)C(CC(C)C)NC(C)=O)[C@H]1Cc4ccc(O)c5c4[C@@]3(CCN1CC1CC1)[C@H]2O5. The van der Waals surface area contributed by atoms with Gasteiger partial charge in [-0.05, 0) is 81.4 Å². The molecule has 2 spiro atoms. The first-order chi connectivity index (χ1) is 19.1. The van der Waals surface area contributed by atoms with Crippen LogP contribution < -0.4 is 15.4 Å². The van der Waals surface area contributed by atoms with E-state index in [9.17, 15) is 14.7 Å². The van der Waals surface area contributed by atoms with Crippen molar-refractivity contribution in [3.63, 3.8) is 0 Å². The molecular weight excluding hydrogens is 506 g/mol. The third-order valence-corrected chi connectivity index (χ3v) is 11.7. The first-order valence-electron chi connectivity index (χ1n) is 15.5. The van der Waals surface area contributed by atoms with Gasteiger partial charge >= 0.3 is 0 Å². The topological polar surface area (TPSA) is 100 Å². The van der Waals surface area contributed by atoms with Crippen molar-refractivity contribution in [2.45, 2.75) is 101 Å². The molecule has 1 saturated heterocycles. The molecule has 8 rings (SSSR count). The minimum absolute atomic E-state index is 0.0154. The molecule has 4 saturated carbocycles. The molecule has 3 N–H and O–H groups in total. The predicted octanol–water partition coefficient (Wildman–Crippen LogP) is 3.28. The smallest absolute Gasteiger partial charge is 0.242 e. The number of likely N-dealkylation sites (tertiary alicyclic amines) is 1. The van der Waals surface area contributed by atoms with Crippen LogP contribution in [0.25, 0.3) is 0 Å². The summed E-state index contributed by atoms with van der Waals surface area (Å²) in [6, 6.07) is 3.84. The van der Waals surface area contributed by atoms with Crippen LogP contribution in [0.2, 0.25) is 0 Å². The number of fused-ring (bicyclic) bond motifs is 2. The van der Waals surface area contributed by atoms with Crippen molar-refractivity contribution in [3.05, 3.63) is 23.3 Å². The molecule has 0 aromatic heterocycles. The third-order valence-electron chi connectivity index (χ3n) is 11.7. The molecule has 7 aliphatic rings. The molecular formula is C32H45N3O5. The summed E-state index contributed by atoms with van der Waals surface area (Å²) in [5.41, 5.74) is 1.87. The number of amides is 2. The van der Waals surface area contributed by atoms with Crippen LogP contribution in [0.15, 0.2) is 12.1 Å². The van der Waals surface area contributed by atoms with Crippen molar-refractivity contribution in [2.75, 3.05) is 26.7 Å². The highest BCUT2D eigenvalue weighted by atomic mass is 16.6. The fraction of sp³-hybridized carbons (Fsp3) is 0.750. The van der Waals surface area contributed by atoms with Crippen molar-refractivity contribution >= 4 is 11.8 Å². The molecule has 2 aliphatic heterocycles. The van der Waals surface area contributed by atoms with Gasteiger partial charge in [-0.15, -0.1) is 0 Å². The van der Waals surface area contributed by atoms with Gasteiger partial charge < -0.3 is 25.2 Å². The summed E-state index contributed by atoms with van der Waals surface area (Å²) in [6.07, 6.45) is 8.03. The van der Waals surface area contributed by atoms with Gasteiger partial charge in [-0.3, -0.25) is 14.5 Å². The van der Waals surface area contributed by atoms with Crippen LogP contribution in [-0.2, 0) is 26.2 Å². The Hall–Kier alpha value is -2.32. The van der Waals surface area contributed by atoms with E-state index in [4.69, 9.17) is 9.47 Å². The molecule has 40 heavy (non-hydrogen) atoms. The minimum Gasteiger partial charge on any atom is -0.504 e. The summed E-state index contributed by atoms with van der Waals surface area (Å²) in [5, 5.41) is 17.1. The van der Waals surface area contributed by atoms with Gasteiger partial charge in [-0.1, -0.05) is 19.9 Å². The Balaban J connectivity index is 1.26. The van der Waals surface area contributed by atoms with Gasteiger partial charge in [0, 0.05) is 55.5 Å². The van der Waals surface area contributed by atoms with Crippen LogP contribution in [0.5, 0.6) is 11.5 Å². The van der Waals surface area contributed by atoms with Crippen LogP contribution in [-0.4, -0.2) is 72.4 Å². The number of rotatable bonds is 9. The fourth-order valence-electron chi connectivity index (χ4n) is 10.1. The number of nitrogens with one attached hydrogen (secondary N) is 2. The molecule has 8 heteroatoms. The number of hydrogen-bond acceptors (Lipinski definition) is 6. The van der Waals surface area contributed by atoms with Crippen LogP contribution in [0.1, 0.15) is 76.8 Å². The molecule has 2 amide bonds. The molecule has 5 aliphatic carbocycles. The van der Waals surface area contributed by atoms with Gasteiger partial charge in [-0.25, -0.2) is 0 Å². The summed E-state index contributed by atoms with van der Waals surface area (Å²) in [7, 11) is 1.80. The number of phenolic OH excluding ortho intramolecular Hbond substituents is 1. The van der Waals surface area contributed by atoms with E-state index in [1.54, 1.807) is 7.11 Å². The second kappa shape index (κ2) is 9.09. The number of nitrogens with zero attached hydrogens (tertiary/aromatic N) is 1. The standard InChI is InChI=1S/C32H45N3O5/c1-18(2)13-23(34-19(3)36)28(38)33-16-22-15-30-9-10-32(22,39-4)29-31(30)11-12-35(17-20-5-6-20)25(30)14-21-7-8-24(37)27(40-29)26(21)31/h7-8,18,20,22-23,25,29,37H,5-6,9-17H2,1-4H3,(H,33,38)(H,34,36)/t22-,23?,25-,29-,30-,31+,32-/m1/s1. The maximum Gasteiger partial charge on any atom is 0.242 e. The lowest BCUT2D eigenvalue weighted by Crippen LogP contribution is -2.81. The number of hydrogen-bond donors (Lipinski definition) is 3. The number of benzene rings is 1. The summed E-state index contributed by atoms with van der Waals surface area (Å²) in [4.78, 5) is 28.1. The maximum atomic E-state index is 13.4. The Morgan fingerprint density at radius 1 is 1.23 bits per heavy atom. The number of ether oxygens (including phenoxy) is 2. The van der Waals surface area contributed by atoms with Crippen molar-refractivity contribution in [2.24, 2.45) is 23.2 Å². The Kier molecular flexibility index (Phi) is 6.04. The molecule has 1 aromatic rings. The Bertz CT molecular complexity index is 1230. The molecule has 1 unspecified atom stereocenters. The minimum atomic E-state index is -0.556. The van der Waals surface area contributed by atoms with Crippen molar-refractivity contribution in [3.8, 4) is 11.5 Å². The van der Waals surface area contributed by atoms with Gasteiger partial charge in [-0.2, -0.15) is 0 Å². The lowest BCUT2D eigenvalue weighted by atomic mass is 9.35. The van der Waals surface area contributed by atoms with E-state index in [-0.39, 0.29) is 46.3 Å². The summed E-state index contributed by atoms with van der Waals surface area (Å²) < 4.78 is 13.4. The predicted molar refractivity (Wildman–Crippen MR) is 150 cm³/mol. The van der Waals surface area contributed by atoms with Gasteiger partial charge in [0.2, 0.25) is 11.8 Å². The van der Waals surface area contributed by atoms with E-state index in [1.165, 1.54) is 37.4 Å². The molecule has 7 atom stereocenters. The van der Waals surface area contributed by atoms with Crippen LogP contribution in [0.4, 0.5) is 0 Å². The number of carbonyl (C=O) groups is 2. The Morgan fingerprint density at radius 3 is 2.73 bits per heavy atom. The highest BCUT2D eigenvalue weighted by Crippen LogP contribution is 2.76. The fourth-order valence-corrected chi connectivity index (χ4v) is 10.1. The average Bonchev–Trinajstić information content (AvgIpc) is 3.66. The lowest BCUT2D eigenvalue weighted by Gasteiger charge is -2.74. The number of phenols is 1. The quantitative estimate of drug-likeness (QED) is 0.436. The van der Waals surface area contributed by atoms with Crippen LogP contribution in [0.3, 0.4) is 0 Å². The molecule has 4 bridgehead atoms. The van der Waals surface area contributed by atoms with Crippen LogP contribution in [0, 0.1) is 23.2 Å². The lowest BCUT2D eigenvalue weighted by molar-refractivity contribution is -0.276. The zero-order valence-electron chi connectivity index (χ0n) is 24.4. The number of carbonyl (C=O) groups excluding carboxylic acids is 2. The van der Waals surface area contributed by atoms with E-state index >= 15 is 0 Å². The van der Waals surface area contributed by atoms with Gasteiger partial charge in [0.05, 0.1) is 0 Å². The van der Waals surface area contributed by atoms with Crippen LogP contribution >= 0.6 is 0 Å². The highest BCUT2D eigenvalue weighted by Gasteiger charge is 2.80. The Morgan fingerprint density at radius 2 is 2.02 bits per heavy atom. The third kappa shape index (κ3) is 3.50. The van der Waals surface area contributed by atoms with Gasteiger partial charge in [0.1, 0.15) is 17.7 Å². The van der Waals surface area contributed by atoms with E-state index in [0.29, 0.717) is 24.8 Å². The highest BCUT2D eigenvalue weighted by molar-refractivity contribution is 5.86. The maximum absolute atomic E-state index is 13.4.